The first-order valence-electron chi connectivity index (χ1n) is 10.6. The number of anilines is 2. The van der Waals surface area contributed by atoms with Gasteiger partial charge in [0.1, 0.15) is 5.75 Å². The quantitative estimate of drug-likeness (QED) is 0.692. The Hall–Kier alpha value is -2.73. The lowest BCUT2D eigenvalue weighted by molar-refractivity contribution is -0.124. The summed E-state index contributed by atoms with van der Waals surface area (Å²) in [6.45, 7) is 10.7. The van der Waals surface area contributed by atoms with Gasteiger partial charge in [0.05, 0.1) is 23.6 Å². The number of thioether (sulfide) groups is 1. The van der Waals surface area contributed by atoms with Crippen molar-refractivity contribution in [2.45, 2.75) is 45.0 Å². The topological polar surface area (TPSA) is 49.9 Å². The Morgan fingerprint density at radius 2 is 1.77 bits per heavy atom. The first-order valence-corrected chi connectivity index (χ1v) is 11.6. The van der Waals surface area contributed by atoms with E-state index in [2.05, 4.69) is 13.0 Å². The molecular weight excluding hydrogens is 408 g/mol. The SMILES string of the molecule is CCOc1cc2c3c(c1)C1(SCC(=O)N1c1ccc(C)cc1)C(=O)N3C(C)(C)C=C2C. The van der Waals surface area contributed by atoms with Crippen LogP contribution in [0.4, 0.5) is 11.4 Å². The van der Waals surface area contributed by atoms with Crippen LogP contribution >= 0.6 is 11.8 Å². The van der Waals surface area contributed by atoms with Gasteiger partial charge in [0.15, 0.2) is 0 Å². The van der Waals surface area contributed by atoms with Gasteiger partial charge in [-0.1, -0.05) is 23.8 Å². The molecule has 0 aliphatic carbocycles. The molecule has 31 heavy (non-hydrogen) atoms. The fraction of sp³-hybridized carbons (Fsp3) is 0.360. The zero-order valence-electron chi connectivity index (χ0n) is 18.5. The number of carbonyl (C=O) groups excluding carboxylic acids is 2. The van der Waals surface area contributed by atoms with E-state index in [1.54, 1.807) is 4.90 Å². The molecule has 3 heterocycles. The van der Waals surface area contributed by atoms with Crippen molar-refractivity contribution in [3.05, 3.63) is 59.2 Å². The predicted octanol–water partition coefficient (Wildman–Crippen LogP) is 4.87. The zero-order valence-corrected chi connectivity index (χ0v) is 19.3. The number of hydrogen-bond donors (Lipinski definition) is 0. The minimum Gasteiger partial charge on any atom is -0.494 e. The fourth-order valence-corrected chi connectivity index (χ4v) is 6.42. The Kier molecular flexibility index (Phi) is 4.32. The van der Waals surface area contributed by atoms with Gasteiger partial charge in [-0.2, -0.15) is 0 Å². The van der Waals surface area contributed by atoms with Crippen LogP contribution in [0.5, 0.6) is 5.75 Å². The molecule has 1 saturated heterocycles. The number of fused-ring (bicyclic) bond motifs is 1. The van der Waals surface area contributed by atoms with E-state index in [1.165, 1.54) is 11.8 Å². The van der Waals surface area contributed by atoms with Crippen LogP contribution in [-0.4, -0.2) is 29.7 Å². The van der Waals surface area contributed by atoms with Crippen molar-refractivity contribution in [2.24, 2.45) is 0 Å². The Morgan fingerprint density at radius 1 is 1.06 bits per heavy atom. The molecule has 1 spiro atoms. The molecule has 3 aliphatic heterocycles. The summed E-state index contributed by atoms with van der Waals surface area (Å²) in [7, 11) is 0. The summed E-state index contributed by atoms with van der Waals surface area (Å²) in [4.78, 5) is 29.9. The standard InChI is InChI=1S/C25H26N2O3S/c1-6-30-18-11-19-16(3)13-24(4,5)27-22(19)20(12-18)25(23(27)29)26(21(28)14-31-25)17-9-7-15(2)8-10-17/h7-13H,6,14H2,1-5H3. The van der Waals surface area contributed by atoms with Gasteiger partial charge in [-0.15, -0.1) is 11.8 Å². The lowest BCUT2D eigenvalue weighted by Gasteiger charge is -2.40. The van der Waals surface area contributed by atoms with E-state index in [0.717, 1.165) is 39.4 Å². The molecule has 6 heteroatoms. The minimum absolute atomic E-state index is 0.0555. The smallest absolute Gasteiger partial charge is 0.269 e. The number of ether oxygens (including phenoxy) is 1. The molecule has 2 aromatic carbocycles. The van der Waals surface area contributed by atoms with Gasteiger partial charge in [-0.05, 0) is 64.5 Å². The number of rotatable bonds is 3. The van der Waals surface area contributed by atoms with E-state index >= 15 is 0 Å². The Bertz CT molecular complexity index is 1150. The number of hydrogen-bond acceptors (Lipinski definition) is 4. The number of nitrogens with zero attached hydrogens (tertiary/aromatic N) is 2. The van der Waals surface area contributed by atoms with Crippen LogP contribution in [0, 0.1) is 6.92 Å². The molecule has 2 amide bonds. The van der Waals surface area contributed by atoms with Gasteiger partial charge in [-0.25, -0.2) is 0 Å². The molecule has 1 fully saturated rings. The van der Waals surface area contributed by atoms with Crippen molar-refractivity contribution in [1.82, 2.24) is 0 Å². The molecule has 0 bridgehead atoms. The molecule has 2 aromatic rings. The van der Waals surface area contributed by atoms with Crippen LogP contribution < -0.4 is 14.5 Å². The summed E-state index contributed by atoms with van der Waals surface area (Å²) in [6, 6.07) is 11.8. The van der Waals surface area contributed by atoms with Gasteiger partial charge in [0.2, 0.25) is 10.8 Å². The van der Waals surface area contributed by atoms with Gasteiger partial charge >= 0.3 is 0 Å². The van der Waals surface area contributed by atoms with E-state index in [1.807, 2.05) is 69.0 Å². The second-order valence-corrected chi connectivity index (χ2v) is 10.1. The van der Waals surface area contributed by atoms with E-state index in [0.29, 0.717) is 6.61 Å². The van der Waals surface area contributed by atoms with E-state index < -0.39 is 10.4 Å². The summed E-state index contributed by atoms with van der Waals surface area (Å²) in [5.74, 6) is 0.859. The lowest BCUT2D eigenvalue weighted by Crippen LogP contribution is -2.54. The molecule has 0 aromatic heterocycles. The number of aryl methyl sites for hydroxylation is 1. The average Bonchev–Trinajstić information content (AvgIpc) is 3.18. The predicted molar refractivity (Wildman–Crippen MR) is 126 cm³/mol. The first-order chi connectivity index (χ1) is 14.7. The molecule has 3 aliphatic rings. The monoisotopic (exact) mass is 434 g/mol. The number of allylic oxidation sites excluding steroid dienone is 1. The molecular formula is C25H26N2O3S. The van der Waals surface area contributed by atoms with Crippen LogP contribution in [0.3, 0.4) is 0 Å². The van der Waals surface area contributed by atoms with E-state index in [9.17, 15) is 9.59 Å². The molecule has 1 unspecified atom stereocenters. The van der Waals surface area contributed by atoms with Crippen LogP contribution in [0.2, 0.25) is 0 Å². The van der Waals surface area contributed by atoms with Crippen molar-refractivity contribution in [3.8, 4) is 5.75 Å². The highest BCUT2D eigenvalue weighted by atomic mass is 32.2. The molecule has 160 valence electrons. The van der Waals surface area contributed by atoms with Gasteiger partial charge in [-0.3, -0.25) is 19.4 Å². The highest BCUT2D eigenvalue weighted by Gasteiger charge is 2.64. The Morgan fingerprint density at radius 3 is 2.45 bits per heavy atom. The Labute approximate surface area is 187 Å². The average molecular weight is 435 g/mol. The van der Waals surface area contributed by atoms with E-state index in [4.69, 9.17) is 4.74 Å². The fourth-order valence-electron chi connectivity index (χ4n) is 5.09. The van der Waals surface area contributed by atoms with E-state index in [-0.39, 0.29) is 17.6 Å². The van der Waals surface area contributed by atoms with Crippen molar-refractivity contribution in [1.29, 1.82) is 0 Å². The summed E-state index contributed by atoms with van der Waals surface area (Å²) in [6.07, 6.45) is 2.13. The second kappa shape index (κ2) is 6.63. The normalized spacial score (nSPS) is 23.5. The molecule has 0 radical (unpaired) electrons. The third-order valence-electron chi connectivity index (χ3n) is 6.31. The summed E-state index contributed by atoms with van der Waals surface area (Å²) in [5, 5.41) is 0. The highest BCUT2D eigenvalue weighted by molar-refractivity contribution is 8.02. The molecule has 5 rings (SSSR count). The van der Waals surface area contributed by atoms with Crippen molar-refractivity contribution in [3.63, 3.8) is 0 Å². The van der Waals surface area contributed by atoms with Crippen LogP contribution in [0.1, 0.15) is 44.4 Å². The third-order valence-corrected chi connectivity index (χ3v) is 7.69. The molecule has 0 saturated carbocycles. The maximum absolute atomic E-state index is 14.2. The largest absolute Gasteiger partial charge is 0.494 e. The molecule has 1 atom stereocenters. The molecule has 0 N–H and O–H groups in total. The maximum Gasteiger partial charge on any atom is 0.269 e. The number of benzene rings is 2. The number of amides is 2. The first kappa shape index (κ1) is 20.2. The Balaban J connectivity index is 1.81. The van der Waals surface area contributed by atoms with Crippen LogP contribution in [0.25, 0.3) is 5.57 Å². The van der Waals surface area contributed by atoms with Crippen molar-refractivity contribution >= 4 is 40.5 Å². The lowest BCUT2D eigenvalue weighted by atomic mass is 9.89. The van der Waals surface area contributed by atoms with Gasteiger partial charge < -0.3 is 4.74 Å². The highest BCUT2D eigenvalue weighted by Crippen LogP contribution is 2.60. The van der Waals surface area contributed by atoms with Gasteiger partial charge in [0.25, 0.3) is 5.91 Å². The summed E-state index contributed by atoms with van der Waals surface area (Å²) < 4.78 is 5.89. The molecule has 5 nitrogen and oxygen atoms in total. The second-order valence-electron chi connectivity index (χ2n) is 8.92. The third kappa shape index (κ3) is 2.64. The van der Waals surface area contributed by atoms with Gasteiger partial charge in [0, 0.05) is 16.8 Å². The number of carbonyl (C=O) groups is 2. The van der Waals surface area contributed by atoms with Crippen molar-refractivity contribution in [2.75, 3.05) is 22.2 Å². The van der Waals surface area contributed by atoms with Crippen LogP contribution in [0.15, 0.2) is 42.5 Å². The summed E-state index contributed by atoms with van der Waals surface area (Å²) in [5.41, 5.74) is 5.20. The maximum atomic E-state index is 14.2. The summed E-state index contributed by atoms with van der Waals surface area (Å²) >= 11 is 1.41. The van der Waals surface area contributed by atoms with Crippen molar-refractivity contribution < 1.29 is 14.3 Å². The van der Waals surface area contributed by atoms with Crippen LogP contribution in [-0.2, 0) is 14.5 Å². The minimum atomic E-state index is -1.13. The zero-order chi connectivity index (χ0) is 22.1.